The van der Waals surface area contributed by atoms with Crippen LogP contribution in [0.3, 0.4) is 0 Å². The number of rotatable bonds is 2. The van der Waals surface area contributed by atoms with E-state index in [1.807, 2.05) is 30.3 Å². The Bertz CT molecular complexity index is 664. The quantitative estimate of drug-likeness (QED) is 0.693. The number of nitrogen functional groups attached to an aromatic ring is 1. The summed E-state index contributed by atoms with van der Waals surface area (Å²) in [4.78, 5) is 8.33. The van der Waals surface area contributed by atoms with Crippen molar-refractivity contribution in [2.24, 2.45) is 0 Å². The maximum Gasteiger partial charge on any atom is 0.260 e. The first-order valence-corrected chi connectivity index (χ1v) is 5.43. The molecule has 0 amide bonds. The van der Waals surface area contributed by atoms with E-state index >= 15 is 0 Å². The molecular weight excluding hydrogens is 228 g/mol. The summed E-state index contributed by atoms with van der Waals surface area (Å²) in [6.45, 7) is 0. The van der Waals surface area contributed by atoms with Crippen molar-refractivity contribution < 1.29 is 4.52 Å². The Labute approximate surface area is 103 Å². The van der Waals surface area contributed by atoms with Crippen molar-refractivity contribution in [2.45, 2.75) is 0 Å². The minimum Gasteiger partial charge on any atom is -0.398 e. The number of anilines is 1. The van der Waals surface area contributed by atoms with E-state index in [1.165, 1.54) is 0 Å². The Balaban J connectivity index is 2.03. The van der Waals surface area contributed by atoms with Gasteiger partial charge in [0.05, 0.1) is 5.56 Å². The minimum atomic E-state index is 0.409. The Hall–Kier alpha value is -2.69. The maximum absolute atomic E-state index is 5.86. The van der Waals surface area contributed by atoms with Gasteiger partial charge < -0.3 is 10.3 Å². The van der Waals surface area contributed by atoms with Gasteiger partial charge in [0.15, 0.2) is 0 Å². The number of nitrogens with two attached hydrogens (primary N) is 1. The monoisotopic (exact) mass is 238 g/mol. The largest absolute Gasteiger partial charge is 0.398 e. The zero-order valence-corrected chi connectivity index (χ0v) is 9.45. The van der Waals surface area contributed by atoms with Crippen LogP contribution in [-0.4, -0.2) is 15.1 Å². The van der Waals surface area contributed by atoms with Crippen molar-refractivity contribution in [1.29, 1.82) is 0 Å². The summed E-state index contributed by atoms with van der Waals surface area (Å²) >= 11 is 0. The lowest BCUT2D eigenvalue weighted by atomic mass is 10.2. The highest BCUT2D eigenvalue weighted by molar-refractivity contribution is 5.71. The normalized spacial score (nSPS) is 10.4. The van der Waals surface area contributed by atoms with Crippen LogP contribution in [0.1, 0.15) is 0 Å². The summed E-state index contributed by atoms with van der Waals surface area (Å²) in [6, 6.07) is 11.1. The fraction of sp³-hybridized carbons (Fsp3) is 0. The summed E-state index contributed by atoms with van der Waals surface area (Å²) in [5, 5.41) is 3.92. The molecule has 2 aromatic heterocycles. The second kappa shape index (κ2) is 4.29. The minimum absolute atomic E-state index is 0.409. The molecule has 0 unspecified atom stereocenters. The topological polar surface area (TPSA) is 77.8 Å². The van der Waals surface area contributed by atoms with Crippen LogP contribution >= 0.6 is 0 Å². The van der Waals surface area contributed by atoms with Crippen molar-refractivity contribution in [2.75, 3.05) is 5.73 Å². The Morgan fingerprint density at radius 2 is 1.94 bits per heavy atom. The zero-order valence-electron chi connectivity index (χ0n) is 9.45. The molecule has 18 heavy (non-hydrogen) atoms. The van der Waals surface area contributed by atoms with Crippen LogP contribution in [0.15, 0.2) is 53.3 Å². The van der Waals surface area contributed by atoms with Gasteiger partial charge in [0, 0.05) is 23.6 Å². The van der Waals surface area contributed by atoms with E-state index in [2.05, 4.69) is 15.1 Å². The van der Waals surface area contributed by atoms with E-state index in [0.29, 0.717) is 17.4 Å². The Kier molecular flexibility index (Phi) is 2.49. The first-order valence-electron chi connectivity index (χ1n) is 5.43. The number of nitrogens with zero attached hydrogens (tertiary/aromatic N) is 3. The fourth-order valence-corrected chi connectivity index (χ4v) is 1.64. The lowest BCUT2D eigenvalue weighted by Gasteiger charge is -1.97. The maximum atomic E-state index is 5.86. The predicted molar refractivity (Wildman–Crippen MR) is 67.4 cm³/mol. The third-order valence-corrected chi connectivity index (χ3v) is 2.54. The van der Waals surface area contributed by atoms with Gasteiger partial charge in [0.25, 0.3) is 5.89 Å². The van der Waals surface area contributed by atoms with Gasteiger partial charge in [0.2, 0.25) is 5.82 Å². The average molecular weight is 238 g/mol. The summed E-state index contributed by atoms with van der Waals surface area (Å²) in [5.41, 5.74) is 8.01. The Morgan fingerprint density at radius 1 is 1.06 bits per heavy atom. The molecular formula is C13H10N4O. The number of pyridine rings is 1. The van der Waals surface area contributed by atoms with Crippen molar-refractivity contribution in [3.05, 3.63) is 48.8 Å². The van der Waals surface area contributed by atoms with Crippen molar-refractivity contribution in [3.8, 4) is 22.8 Å². The van der Waals surface area contributed by atoms with E-state index in [4.69, 9.17) is 10.3 Å². The lowest BCUT2D eigenvalue weighted by molar-refractivity contribution is 0.432. The molecule has 0 spiro atoms. The van der Waals surface area contributed by atoms with Crippen LogP contribution in [-0.2, 0) is 0 Å². The van der Waals surface area contributed by atoms with E-state index < -0.39 is 0 Å². The lowest BCUT2D eigenvalue weighted by Crippen LogP contribution is -1.89. The third-order valence-electron chi connectivity index (χ3n) is 2.54. The van der Waals surface area contributed by atoms with Gasteiger partial charge in [-0.1, -0.05) is 17.3 Å². The van der Waals surface area contributed by atoms with Crippen LogP contribution in [0.25, 0.3) is 22.8 Å². The van der Waals surface area contributed by atoms with Gasteiger partial charge in [-0.05, 0) is 24.3 Å². The molecule has 0 fully saturated rings. The molecule has 0 aliphatic heterocycles. The summed E-state index contributed by atoms with van der Waals surface area (Å²) in [6.07, 6.45) is 3.38. The molecule has 3 rings (SSSR count). The fourth-order valence-electron chi connectivity index (χ4n) is 1.64. The molecule has 0 saturated carbocycles. The van der Waals surface area contributed by atoms with Crippen LogP contribution < -0.4 is 5.73 Å². The smallest absolute Gasteiger partial charge is 0.260 e. The van der Waals surface area contributed by atoms with Crippen molar-refractivity contribution in [1.82, 2.24) is 15.1 Å². The van der Waals surface area contributed by atoms with E-state index in [1.54, 1.807) is 18.5 Å². The van der Waals surface area contributed by atoms with Gasteiger partial charge in [-0.25, -0.2) is 0 Å². The molecule has 0 radical (unpaired) electrons. The third kappa shape index (κ3) is 1.82. The van der Waals surface area contributed by atoms with Crippen LogP contribution in [0.5, 0.6) is 0 Å². The first-order chi connectivity index (χ1) is 8.84. The number of hydrogen-bond donors (Lipinski definition) is 1. The van der Waals surface area contributed by atoms with E-state index in [0.717, 1.165) is 11.1 Å². The number of aromatic nitrogens is 3. The molecule has 2 heterocycles. The highest BCUT2D eigenvalue weighted by atomic mass is 16.5. The second-order valence-electron chi connectivity index (χ2n) is 3.75. The standard InChI is InChI=1S/C13H10N4O/c14-11-6-2-1-5-10(11)13-16-12(17-18-13)9-4-3-7-15-8-9/h1-8H,14H2. The average Bonchev–Trinajstić information content (AvgIpc) is 2.90. The number of benzene rings is 1. The zero-order chi connectivity index (χ0) is 12.4. The molecule has 0 aliphatic rings. The van der Waals surface area contributed by atoms with Crippen molar-refractivity contribution in [3.63, 3.8) is 0 Å². The van der Waals surface area contributed by atoms with E-state index in [9.17, 15) is 0 Å². The van der Waals surface area contributed by atoms with Crippen LogP contribution in [0.2, 0.25) is 0 Å². The number of para-hydroxylation sites is 1. The van der Waals surface area contributed by atoms with Crippen molar-refractivity contribution >= 4 is 5.69 Å². The molecule has 3 aromatic rings. The summed E-state index contributed by atoms with van der Waals surface area (Å²) < 4.78 is 5.22. The molecule has 0 saturated heterocycles. The van der Waals surface area contributed by atoms with Crippen LogP contribution in [0.4, 0.5) is 5.69 Å². The molecule has 5 heteroatoms. The summed E-state index contributed by atoms with van der Waals surface area (Å²) in [7, 11) is 0. The molecule has 0 aliphatic carbocycles. The van der Waals surface area contributed by atoms with Gasteiger partial charge in [-0.3, -0.25) is 4.98 Å². The van der Waals surface area contributed by atoms with Gasteiger partial charge in [-0.15, -0.1) is 0 Å². The molecule has 1 aromatic carbocycles. The van der Waals surface area contributed by atoms with E-state index in [-0.39, 0.29) is 0 Å². The second-order valence-corrected chi connectivity index (χ2v) is 3.75. The Morgan fingerprint density at radius 3 is 2.72 bits per heavy atom. The highest BCUT2D eigenvalue weighted by Gasteiger charge is 2.12. The van der Waals surface area contributed by atoms with Crippen LogP contribution in [0, 0.1) is 0 Å². The molecule has 0 bridgehead atoms. The first kappa shape index (κ1) is 10.5. The predicted octanol–water partition coefficient (Wildman–Crippen LogP) is 2.38. The molecule has 0 atom stereocenters. The molecule has 88 valence electrons. The van der Waals surface area contributed by atoms with Gasteiger partial charge in [0.1, 0.15) is 0 Å². The number of hydrogen-bond acceptors (Lipinski definition) is 5. The highest BCUT2D eigenvalue weighted by Crippen LogP contribution is 2.25. The summed E-state index contributed by atoms with van der Waals surface area (Å²) in [5.74, 6) is 0.910. The molecule has 5 nitrogen and oxygen atoms in total. The molecule has 2 N–H and O–H groups in total. The van der Waals surface area contributed by atoms with Gasteiger partial charge >= 0.3 is 0 Å². The van der Waals surface area contributed by atoms with Gasteiger partial charge in [-0.2, -0.15) is 4.98 Å². The SMILES string of the molecule is Nc1ccccc1-c1nc(-c2cccnc2)no1.